The number of aromatic nitrogens is 2. The zero-order chi connectivity index (χ0) is 13.1. The molecule has 0 radical (unpaired) electrons. The lowest BCUT2D eigenvalue weighted by Crippen LogP contribution is -2.19. The first-order valence-electron chi connectivity index (χ1n) is 6.90. The lowest BCUT2D eigenvalue weighted by atomic mass is 10.1. The minimum Gasteiger partial charge on any atom is -0.425 e. The van der Waals surface area contributed by atoms with Gasteiger partial charge in [-0.1, -0.05) is 29.8 Å². The second-order valence-electron chi connectivity index (χ2n) is 5.23. The Kier molecular flexibility index (Phi) is 3.60. The van der Waals surface area contributed by atoms with E-state index in [1.54, 1.807) is 0 Å². The molecule has 1 aliphatic rings. The van der Waals surface area contributed by atoms with Gasteiger partial charge in [0.1, 0.15) is 0 Å². The van der Waals surface area contributed by atoms with Crippen LogP contribution in [0.1, 0.15) is 35.7 Å². The molecule has 1 N–H and O–H groups in total. The van der Waals surface area contributed by atoms with Crippen molar-refractivity contribution in [1.82, 2.24) is 15.5 Å². The van der Waals surface area contributed by atoms with Gasteiger partial charge < -0.3 is 9.73 Å². The van der Waals surface area contributed by atoms with Crippen LogP contribution in [0.3, 0.4) is 0 Å². The molecule has 0 amide bonds. The third-order valence-electron chi connectivity index (χ3n) is 3.33. The molecule has 1 saturated carbocycles. The smallest absolute Gasteiger partial charge is 0.220 e. The van der Waals surface area contributed by atoms with E-state index in [2.05, 4.69) is 46.7 Å². The van der Waals surface area contributed by atoms with E-state index >= 15 is 0 Å². The number of hydrogen-bond donors (Lipinski definition) is 1. The standard InChI is InChI=1S/C15H19N3O/c1-11-2-4-12(5-3-11)10-15-18-17-14(19-15)8-9-16-13-6-7-13/h2-5,13,16H,6-10H2,1H3. The predicted octanol–water partition coefficient (Wildman–Crippen LogP) is 2.26. The van der Waals surface area contributed by atoms with Crippen molar-refractivity contribution < 1.29 is 4.42 Å². The normalized spacial score (nSPS) is 14.8. The predicted molar refractivity (Wildman–Crippen MR) is 73.0 cm³/mol. The van der Waals surface area contributed by atoms with Crippen molar-refractivity contribution >= 4 is 0 Å². The molecule has 1 aromatic heterocycles. The number of hydrogen-bond acceptors (Lipinski definition) is 4. The van der Waals surface area contributed by atoms with Crippen LogP contribution in [0.2, 0.25) is 0 Å². The molecule has 0 spiro atoms. The minimum atomic E-state index is 0.699. The van der Waals surface area contributed by atoms with Crippen molar-refractivity contribution in [1.29, 1.82) is 0 Å². The van der Waals surface area contributed by atoms with E-state index in [1.807, 2.05) is 0 Å². The highest BCUT2D eigenvalue weighted by Crippen LogP contribution is 2.18. The molecule has 1 fully saturated rings. The molecule has 3 rings (SSSR count). The molecule has 0 saturated heterocycles. The van der Waals surface area contributed by atoms with Gasteiger partial charge in [-0.25, -0.2) is 0 Å². The molecule has 4 heteroatoms. The minimum absolute atomic E-state index is 0.699. The quantitative estimate of drug-likeness (QED) is 0.862. The molecule has 19 heavy (non-hydrogen) atoms. The van der Waals surface area contributed by atoms with Crippen LogP contribution < -0.4 is 5.32 Å². The number of nitrogens with zero attached hydrogens (tertiary/aromatic N) is 2. The second-order valence-corrected chi connectivity index (χ2v) is 5.23. The topological polar surface area (TPSA) is 51.0 Å². The summed E-state index contributed by atoms with van der Waals surface area (Å²) < 4.78 is 5.66. The molecule has 2 aromatic rings. The summed E-state index contributed by atoms with van der Waals surface area (Å²) in [5, 5.41) is 11.6. The number of rotatable bonds is 6. The van der Waals surface area contributed by atoms with Crippen LogP contribution in [0.15, 0.2) is 28.7 Å². The maximum absolute atomic E-state index is 5.66. The van der Waals surface area contributed by atoms with Gasteiger partial charge in [-0.2, -0.15) is 0 Å². The molecule has 0 atom stereocenters. The maximum Gasteiger partial charge on any atom is 0.220 e. The maximum atomic E-state index is 5.66. The molecular formula is C15H19N3O. The molecule has 0 bridgehead atoms. The van der Waals surface area contributed by atoms with Crippen molar-refractivity contribution in [3.05, 3.63) is 47.2 Å². The zero-order valence-electron chi connectivity index (χ0n) is 11.2. The van der Waals surface area contributed by atoms with Crippen molar-refractivity contribution in [2.75, 3.05) is 6.54 Å². The molecule has 0 unspecified atom stereocenters. The van der Waals surface area contributed by atoms with Gasteiger partial charge in [0.2, 0.25) is 11.8 Å². The SMILES string of the molecule is Cc1ccc(Cc2nnc(CCNC3CC3)o2)cc1. The van der Waals surface area contributed by atoms with Crippen molar-refractivity contribution in [2.45, 2.75) is 38.6 Å². The van der Waals surface area contributed by atoms with Gasteiger partial charge in [-0.15, -0.1) is 10.2 Å². The summed E-state index contributed by atoms with van der Waals surface area (Å²) in [7, 11) is 0. The van der Waals surface area contributed by atoms with Gasteiger partial charge in [-0.05, 0) is 25.3 Å². The van der Waals surface area contributed by atoms with Crippen molar-refractivity contribution in [2.24, 2.45) is 0 Å². The fourth-order valence-electron chi connectivity index (χ4n) is 2.01. The second kappa shape index (κ2) is 5.53. The van der Waals surface area contributed by atoms with E-state index in [-0.39, 0.29) is 0 Å². The van der Waals surface area contributed by atoms with E-state index < -0.39 is 0 Å². The summed E-state index contributed by atoms with van der Waals surface area (Å²) in [6.45, 7) is 3.01. The molecular weight excluding hydrogens is 238 g/mol. The van der Waals surface area contributed by atoms with Gasteiger partial charge in [0.15, 0.2) is 0 Å². The summed E-state index contributed by atoms with van der Waals surface area (Å²) in [5.41, 5.74) is 2.47. The van der Waals surface area contributed by atoms with Crippen LogP contribution in [0, 0.1) is 6.92 Å². The summed E-state index contributed by atoms with van der Waals surface area (Å²) >= 11 is 0. The monoisotopic (exact) mass is 257 g/mol. The van der Waals surface area contributed by atoms with Crippen LogP contribution in [0.4, 0.5) is 0 Å². The van der Waals surface area contributed by atoms with E-state index in [0.29, 0.717) is 12.3 Å². The molecule has 1 aliphatic carbocycles. The van der Waals surface area contributed by atoms with Crippen LogP contribution in [-0.4, -0.2) is 22.8 Å². The first-order valence-corrected chi connectivity index (χ1v) is 6.90. The van der Waals surface area contributed by atoms with Crippen molar-refractivity contribution in [3.63, 3.8) is 0 Å². The molecule has 1 heterocycles. The summed E-state index contributed by atoms with van der Waals surface area (Å²) in [4.78, 5) is 0. The lowest BCUT2D eigenvalue weighted by molar-refractivity contribution is 0.451. The molecule has 4 nitrogen and oxygen atoms in total. The van der Waals surface area contributed by atoms with E-state index in [0.717, 1.165) is 24.9 Å². The Hall–Kier alpha value is -1.68. The summed E-state index contributed by atoms with van der Waals surface area (Å²) in [5.74, 6) is 1.43. The van der Waals surface area contributed by atoms with E-state index in [9.17, 15) is 0 Å². The van der Waals surface area contributed by atoms with Crippen LogP contribution in [0.25, 0.3) is 0 Å². The zero-order valence-corrected chi connectivity index (χ0v) is 11.2. The Morgan fingerprint density at radius 1 is 1.16 bits per heavy atom. The van der Waals surface area contributed by atoms with Gasteiger partial charge in [0.25, 0.3) is 0 Å². The average Bonchev–Trinajstić information content (AvgIpc) is 3.12. The van der Waals surface area contributed by atoms with Crippen LogP contribution in [0.5, 0.6) is 0 Å². The van der Waals surface area contributed by atoms with Gasteiger partial charge in [0.05, 0.1) is 6.42 Å². The summed E-state index contributed by atoms with van der Waals surface area (Å²) in [6, 6.07) is 9.15. The van der Waals surface area contributed by atoms with Crippen molar-refractivity contribution in [3.8, 4) is 0 Å². The Balaban J connectivity index is 1.53. The molecule has 1 aromatic carbocycles. The third-order valence-corrected chi connectivity index (χ3v) is 3.33. The Labute approximate surface area is 113 Å². The van der Waals surface area contributed by atoms with Crippen LogP contribution >= 0.6 is 0 Å². The largest absolute Gasteiger partial charge is 0.425 e. The lowest BCUT2D eigenvalue weighted by Gasteiger charge is -1.99. The first-order chi connectivity index (χ1) is 9.29. The highest BCUT2D eigenvalue weighted by Gasteiger charge is 2.20. The fraction of sp³-hybridized carbons (Fsp3) is 0.467. The van der Waals surface area contributed by atoms with Gasteiger partial charge in [0, 0.05) is 19.0 Å². The Bertz CT molecular complexity index is 529. The highest BCUT2D eigenvalue weighted by molar-refractivity contribution is 5.23. The average molecular weight is 257 g/mol. The fourth-order valence-corrected chi connectivity index (χ4v) is 2.01. The van der Waals surface area contributed by atoms with Crippen LogP contribution in [-0.2, 0) is 12.8 Å². The first kappa shape index (κ1) is 12.4. The van der Waals surface area contributed by atoms with Gasteiger partial charge in [-0.3, -0.25) is 0 Å². The number of nitrogens with one attached hydrogen (secondary N) is 1. The Morgan fingerprint density at radius 3 is 2.63 bits per heavy atom. The van der Waals surface area contributed by atoms with Gasteiger partial charge >= 0.3 is 0 Å². The molecule has 0 aliphatic heterocycles. The molecule has 100 valence electrons. The highest BCUT2D eigenvalue weighted by atomic mass is 16.4. The number of benzene rings is 1. The Morgan fingerprint density at radius 2 is 1.89 bits per heavy atom. The third kappa shape index (κ3) is 3.64. The number of aryl methyl sites for hydroxylation is 1. The van der Waals surface area contributed by atoms with E-state index in [4.69, 9.17) is 4.42 Å². The summed E-state index contributed by atoms with van der Waals surface area (Å²) in [6.07, 6.45) is 4.14. The van der Waals surface area contributed by atoms with E-state index in [1.165, 1.54) is 24.0 Å².